The third-order valence-corrected chi connectivity index (χ3v) is 3.81. The normalized spacial score (nSPS) is 24.9. The van der Waals surface area contributed by atoms with Crippen molar-refractivity contribution >= 4 is 17.7 Å². The third kappa shape index (κ3) is 1.97. The summed E-state index contributed by atoms with van der Waals surface area (Å²) in [5.74, 6) is -1.05. The van der Waals surface area contributed by atoms with Gasteiger partial charge in [0.15, 0.2) is 6.23 Å². The monoisotopic (exact) mass is 290 g/mol. The van der Waals surface area contributed by atoms with Gasteiger partial charge in [0, 0.05) is 12.0 Å². The summed E-state index contributed by atoms with van der Waals surface area (Å²) < 4.78 is 5.14. The van der Waals surface area contributed by atoms with E-state index in [1.807, 2.05) is 0 Å². The molecule has 0 spiro atoms. The van der Waals surface area contributed by atoms with Crippen molar-refractivity contribution in [1.82, 2.24) is 10.2 Å². The number of carbonyl (C=O) groups is 3. The highest BCUT2D eigenvalue weighted by atomic mass is 16.5. The highest BCUT2D eigenvalue weighted by Crippen LogP contribution is 2.39. The van der Waals surface area contributed by atoms with Gasteiger partial charge in [0.05, 0.1) is 12.7 Å². The van der Waals surface area contributed by atoms with Crippen LogP contribution in [0.3, 0.4) is 0 Å². The van der Waals surface area contributed by atoms with Crippen LogP contribution >= 0.6 is 0 Å². The second kappa shape index (κ2) is 4.85. The standard InChI is InChI=1S/C14H14N2O5/c1-21-9-4-2-3-7-11(9)14(20)16(13(7)19)8-5-6-10(17)15-12(8)18/h2-4,8,13,19H,5-6H2,1H3,(H,15,17,18). The van der Waals surface area contributed by atoms with Gasteiger partial charge in [0.25, 0.3) is 5.91 Å². The van der Waals surface area contributed by atoms with E-state index in [0.717, 1.165) is 4.90 Å². The molecule has 2 unspecified atom stereocenters. The maximum absolute atomic E-state index is 12.5. The number of carbonyl (C=O) groups excluding carboxylic acids is 3. The van der Waals surface area contributed by atoms with Gasteiger partial charge in [0.2, 0.25) is 11.8 Å². The number of nitrogens with zero attached hydrogens (tertiary/aromatic N) is 1. The molecule has 1 saturated heterocycles. The average molecular weight is 290 g/mol. The smallest absolute Gasteiger partial charge is 0.261 e. The number of hydrogen-bond donors (Lipinski definition) is 2. The summed E-state index contributed by atoms with van der Waals surface area (Å²) in [5.41, 5.74) is 0.668. The first-order valence-corrected chi connectivity index (χ1v) is 6.56. The van der Waals surface area contributed by atoms with E-state index in [1.165, 1.54) is 7.11 Å². The molecule has 0 aliphatic carbocycles. The Hall–Kier alpha value is -2.41. The zero-order valence-corrected chi connectivity index (χ0v) is 11.3. The molecule has 2 heterocycles. The molecule has 2 N–H and O–H groups in total. The Balaban J connectivity index is 1.98. The van der Waals surface area contributed by atoms with Crippen LogP contribution in [0.1, 0.15) is 35.0 Å². The Bertz CT molecular complexity index is 642. The molecule has 7 heteroatoms. The molecule has 2 atom stereocenters. The van der Waals surface area contributed by atoms with Gasteiger partial charge < -0.3 is 9.84 Å². The number of ether oxygens (including phenoxy) is 1. The zero-order valence-electron chi connectivity index (χ0n) is 11.3. The maximum Gasteiger partial charge on any atom is 0.261 e. The molecule has 110 valence electrons. The molecule has 0 bridgehead atoms. The van der Waals surface area contributed by atoms with Crippen LogP contribution < -0.4 is 10.1 Å². The van der Waals surface area contributed by atoms with Gasteiger partial charge >= 0.3 is 0 Å². The van der Waals surface area contributed by atoms with E-state index in [9.17, 15) is 19.5 Å². The lowest BCUT2D eigenvalue weighted by molar-refractivity contribution is -0.139. The van der Waals surface area contributed by atoms with Crippen LogP contribution in [0.4, 0.5) is 0 Å². The van der Waals surface area contributed by atoms with Crippen molar-refractivity contribution in [2.24, 2.45) is 0 Å². The van der Waals surface area contributed by atoms with Gasteiger partial charge in [-0.3, -0.25) is 24.6 Å². The van der Waals surface area contributed by atoms with Crippen molar-refractivity contribution in [3.05, 3.63) is 29.3 Å². The minimum Gasteiger partial charge on any atom is -0.496 e. The van der Waals surface area contributed by atoms with E-state index in [1.54, 1.807) is 18.2 Å². The SMILES string of the molecule is COc1cccc2c1C(=O)N(C1CCC(=O)NC1=O)C2O. The Morgan fingerprint density at radius 2 is 2.10 bits per heavy atom. The van der Waals surface area contributed by atoms with E-state index in [-0.39, 0.29) is 24.3 Å². The quantitative estimate of drug-likeness (QED) is 0.744. The summed E-state index contributed by atoms with van der Waals surface area (Å²) in [6.45, 7) is 0. The fourth-order valence-electron chi connectivity index (χ4n) is 2.81. The molecule has 2 aliphatic rings. The van der Waals surface area contributed by atoms with Crippen molar-refractivity contribution in [3.8, 4) is 5.75 Å². The van der Waals surface area contributed by atoms with E-state index in [2.05, 4.69) is 5.32 Å². The van der Waals surface area contributed by atoms with Gasteiger partial charge in [-0.1, -0.05) is 12.1 Å². The van der Waals surface area contributed by atoms with Crippen molar-refractivity contribution in [3.63, 3.8) is 0 Å². The highest BCUT2D eigenvalue weighted by molar-refractivity contribution is 6.06. The second-order valence-electron chi connectivity index (χ2n) is 4.98. The molecule has 3 amide bonds. The summed E-state index contributed by atoms with van der Waals surface area (Å²) in [6, 6.07) is 4.05. The minimum atomic E-state index is -1.22. The third-order valence-electron chi connectivity index (χ3n) is 3.81. The molecule has 0 saturated carbocycles. The Kier molecular flexibility index (Phi) is 3.13. The van der Waals surface area contributed by atoms with Crippen LogP contribution in [0, 0.1) is 0 Å². The predicted octanol–water partition coefficient (Wildman–Crippen LogP) is -0.0529. The summed E-state index contributed by atoms with van der Waals surface area (Å²) in [7, 11) is 1.43. The van der Waals surface area contributed by atoms with E-state index >= 15 is 0 Å². The van der Waals surface area contributed by atoms with Crippen LogP contribution in [0.15, 0.2) is 18.2 Å². The molecule has 21 heavy (non-hydrogen) atoms. The lowest BCUT2D eigenvalue weighted by Crippen LogP contribution is -2.53. The molecular weight excluding hydrogens is 276 g/mol. The highest BCUT2D eigenvalue weighted by Gasteiger charge is 2.45. The topological polar surface area (TPSA) is 95.9 Å². The molecule has 0 aromatic heterocycles. The lowest BCUT2D eigenvalue weighted by Gasteiger charge is -2.31. The predicted molar refractivity (Wildman–Crippen MR) is 70.3 cm³/mol. The molecule has 0 radical (unpaired) electrons. The number of hydrogen-bond acceptors (Lipinski definition) is 5. The Morgan fingerprint density at radius 1 is 1.33 bits per heavy atom. The number of fused-ring (bicyclic) bond motifs is 1. The summed E-state index contributed by atoms with van der Waals surface area (Å²) in [4.78, 5) is 36.8. The fraction of sp³-hybridized carbons (Fsp3) is 0.357. The van der Waals surface area contributed by atoms with Crippen LogP contribution in [0.5, 0.6) is 5.75 Å². The van der Waals surface area contributed by atoms with Gasteiger partial charge in [-0.2, -0.15) is 0 Å². The Morgan fingerprint density at radius 3 is 2.76 bits per heavy atom. The molecule has 1 aromatic rings. The summed E-state index contributed by atoms with van der Waals surface area (Å²) in [6.07, 6.45) is -0.879. The number of nitrogens with one attached hydrogen (secondary N) is 1. The van der Waals surface area contributed by atoms with Crippen molar-refractivity contribution in [2.45, 2.75) is 25.1 Å². The van der Waals surface area contributed by atoms with Crippen molar-refractivity contribution in [1.29, 1.82) is 0 Å². The van der Waals surface area contributed by atoms with Gasteiger partial charge in [-0.15, -0.1) is 0 Å². The largest absolute Gasteiger partial charge is 0.496 e. The summed E-state index contributed by atoms with van der Waals surface area (Å²) >= 11 is 0. The Labute approximate surface area is 120 Å². The number of benzene rings is 1. The van der Waals surface area contributed by atoms with Gasteiger partial charge in [0.1, 0.15) is 11.8 Å². The van der Waals surface area contributed by atoms with Crippen molar-refractivity contribution in [2.75, 3.05) is 7.11 Å². The summed E-state index contributed by atoms with van der Waals surface area (Å²) in [5, 5.41) is 12.5. The van der Waals surface area contributed by atoms with E-state index < -0.39 is 24.1 Å². The second-order valence-corrected chi connectivity index (χ2v) is 4.98. The zero-order chi connectivity index (χ0) is 15.1. The first-order chi connectivity index (χ1) is 10.0. The van der Waals surface area contributed by atoms with Crippen LogP contribution in [0.25, 0.3) is 0 Å². The van der Waals surface area contributed by atoms with E-state index in [4.69, 9.17) is 4.74 Å². The maximum atomic E-state index is 12.5. The molecule has 3 rings (SSSR count). The first kappa shape index (κ1) is 13.6. The molecular formula is C14H14N2O5. The molecule has 1 fully saturated rings. The van der Waals surface area contributed by atoms with Gasteiger partial charge in [-0.25, -0.2) is 0 Å². The molecule has 2 aliphatic heterocycles. The lowest BCUT2D eigenvalue weighted by atomic mass is 10.0. The van der Waals surface area contributed by atoms with Crippen LogP contribution in [0.2, 0.25) is 0 Å². The number of amides is 3. The number of imide groups is 1. The number of aliphatic hydroxyl groups excluding tert-OH is 1. The number of methoxy groups -OCH3 is 1. The number of aliphatic hydroxyl groups is 1. The number of rotatable bonds is 2. The molecule has 7 nitrogen and oxygen atoms in total. The van der Waals surface area contributed by atoms with Gasteiger partial charge in [-0.05, 0) is 12.5 Å². The van der Waals surface area contributed by atoms with Crippen molar-refractivity contribution < 1.29 is 24.2 Å². The number of piperidine rings is 1. The van der Waals surface area contributed by atoms with Crippen LogP contribution in [-0.2, 0) is 9.59 Å². The van der Waals surface area contributed by atoms with E-state index in [0.29, 0.717) is 11.3 Å². The minimum absolute atomic E-state index is 0.139. The average Bonchev–Trinajstić information content (AvgIpc) is 2.72. The fourth-order valence-corrected chi connectivity index (χ4v) is 2.81. The molecule has 1 aromatic carbocycles. The van der Waals surface area contributed by atoms with Crippen LogP contribution in [-0.4, -0.2) is 40.9 Å². The first-order valence-electron chi connectivity index (χ1n) is 6.56.